The van der Waals surface area contributed by atoms with Gasteiger partial charge in [0.15, 0.2) is 0 Å². The van der Waals surface area contributed by atoms with E-state index >= 15 is 0 Å². The average molecular weight is 448 g/mol. The van der Waals surface area contributed by atoms with E-state index in [1.807, 2.05) is 60.4 Å². The zero-order chi connectivity index (χ0) is 17.8. The van der Waals surface area contributed by atoms with Gasteiger partial charge < -0.3 is 10.2 Å². The van der Waals surface area contributed by atoms with Gasteiger partial charge in [0.1, 0.15) is 0 Å². The zero-order valence-corrected chi connectivity index (χ0v) is 16.3. The van der Waals surface area contributed by atoms with Crippen LogP contribution in [0.5, 0.6) is 0 Å². The highest BCUT2D eigenvalue weighted by Crippen LogP contribution is 2.17. The number of nitrogens with zero attached hydrogens (tertiary/aromatic N) is 1. The zero-order valence-electron chi connectivity index (χ0n) is 14.2. The van der Waals surface area contributed by atoms with Crippen molar-refractivity contribution in [2.75, 3.05) is 13.1 Å². The van der Waals surface area contributed by atoms with Crippen LogP contribution in [0.3, 0.4) is 0 Å². The van der Waals surface area contributed by atoms with E-state index in [-0.39, 0.29) is 17.9 Å². The summed E-state index contributed by atoms with van der Waals surface area (Å²) in [6.45, 7) is 3.33. The Morgan fingerprint density at radius 3 is 2.48 bits per heavy atom. The van der Waals surface area contributed by atoms with Crippen molar-refractivity contribution in [3.05, 3.63) is 68.8 Å². The molecule has 0 unspecified atom stereocenters. The molecule has 0 radical (unpaired) electrons. The number of nitrogens with one attached hydrogen (secondary N) is 1. The van der Waals surface area contributed by atoms with Crippen LogP contribution in [0.15, 0.2) is 48.5 Å². The molecule has 0 spiro atoms. The van der Waals surface area contributed by atoms with Crippen LogP contribution in [0.1, 0.15) is 39.1 Å². The molecule has 1 heterocycles. The first-order valence-electron chi connectivity index (χ1n) is 8.46. The van der Waals surface area contributed by atoms with Gasteiger partial charge >= 0.3 is 0 Å². The van der Waals surface area contributed by atoms with Crippen molar-refractivity contribution in [1.82, 2.24) is 10.2 Å². The van der Waals surface area contributed by atoms with Crippen LogP contribution in [0, 0.1) is 10.5 Å². The van der Waals surface area contributed by atoms with Crippen molar-refractivity contribution < 1.29 is 9.59 Å². The third-order valence-corrected chi connectivity index (χ3v) is 5.44. The number of hydrogen-bond donors (Lipinski definition) is 1. The Morgan fingerprint density at radius 2 is 1.80 bits per heavy atom. The predicted molar refractivity (Wildman–Crippen MR) is 107 cm³/mol. The molecule has 1 saturated heterocycles. The number of halogens is 1. The van der Waals surface area contributed by atoms with E-state index in [9.17, 15) is 9.59 Å². The lowest BCUT2D eigenvalue weighted by atomic mass is 10.0. The first-order valence-corrected chi connectivity index (χ1v) is 9.54. The van der Waals surface area contributed by atoms with Crippen molar-refractivity contribution in [2.45, 2.75) is 25.8 Å². The van der Waals surface area contributed by atoms with E-state index in [1.54, 1.807) is 0 Å². The molecule has 1 aliphatic rings. The molecule has 2 aromatic carbocycles. The number of likely N-dealkylation sites (tertiary alicyclic amines) is 1. The van der Waals surface area contributed by atoms with E-state index in [2.05, 4.69) is 27.9 Å². The standard InChI is InChI=1S/C20H21IN2O2/c1-14-5-4-6-15(13-14)20(25)23-11-9-16(10-12-23)22-19(24)17-7-2-3-8-18(17)21/h2-8,13,16H,9-12H2,1H3,(H,22,24). The smallest absolute Gasteiger partial charge is 0.253 e. The Hall–Kier alpha value is -1.89. The lowest BCUT2D eigenvalue weighted by molar-refractivity contribution is 0.0698. The summed E-state index contributed by atoms with van der Waals surface area (Å²) >= 11 is 2.18. The highest BCUT2D eigenvalue weighted by atomic mass is 127. The second kappa shape index (κ2) is 7.99. The summed E-state index contributed by atoms with van der Waals surface area (Å²) in [7, 11) is 0. The summed E-state index contributed by atoms with van der Waals surface area (Å²) in [5.41, 5.74) is 2.54. The molecule has 0 aromatic heterocycles. The number of carbonyl (C=O) groups is 2. The maximum absolute atomic E-state index is 12.6. The SMILES string of the molecule is Cc1cccc(C(=O)N2CCC(NC(=O)c3ccccc3I)CC2)c1. The van der Waals surface area contributed by atoms with E-state index in [0.29, 0.717) is 18.7 Å². The van der Waals surface area contributed by atoms with Crippen LogP contribution in [0.4, 0.5) is 0 Å². The van der Waals surface area contributed by atoms with Crippen molar-refractivity contribution in [2.24, 2.45) is 0 Å². The van der Waals surface area contributed by atoms with Gasteiger partial charge in [-0.3, -0.25) is 9.59 Å². The topological polar surface area (TPSA) is 49.4 Å². The van der Waals surface area contributed by atoms with Gasteiger partial charge in [-0.05, 0) is 66.6 Å². The third-order valence-electron chi connectivity index (χ3n) is 4.50. The van der Waals surface area contributed by atoms with E-state index in [0.717, 1.165) is 27.5 Å². The Labute approximate surface area is 161 Å². The van der Waals surface area contributed by atoms with Crippen molar-refractivity contribution in [1.29, 1.82) is 0 Å². The van der Waals surface area contributed by atoms with Crippen molar-refractivity contribution in [3.8, 4) is 0 Å². The molecule has 2 aromatic rings. The molecule has 2 amide bonds. The van der Waals surface area contributed by atoms with Crippen molar-refractivity contribution >= 4 is 34.4 Å². The lowest BCUT2D eigenvalue weighted by Gasteiger charge is -2.32. The van der Waals surface area contributed by atoms with Crippen LogP contribution in [-0.2, 0) is 0 Å². The van der Waals surface area contributed by atoms with E-state index < -0.39 is 0 Å². The highest BCUT2D eigenvalue weighted by molar-refractivity contribution is 14.1. The Bertz CT molecular complexity index is 783. The number of carbonyl (C=O) groups excluding carboxylic acids is 2. The monoisotopic (exact) mass is 448 g/mol. The van der Waals surface area contributed by atoms with Gasteiger partial charge in [0.05, 0.1) is 5.56 Å². The molecule has 25 heavy (non-hydrogen) atoms. The molecular weight excluding hydrogens is 427 g/mol. The molecule has 4 nitrogen and oxygen atoms in total. The van der Waals surface area contributed by atoms with Gasteiger partial charge in [0.2, 0.25) is 0 Å². The minimum atomic E-state index is -0.0338. The fourth-order valence-electron chi connectivity index (χ4n) is 3.10. The van der Waals surface area contributed by atoms with Gasteiger partial charge in [0, 0.05) is 28.3 Å². The molecular formula is C20H21IN2O2. The fraction of sp³-hybridized carbons (Fsp3) is 0.300. The Balaban J connectivity index is 1.56. The molecule has 0 atom stereocenters. The van der Waals surface area contributed by atoms with E-state index in [1.165, 1.54) is 0 Å². The Morgan fingerprint density at radius 1 is 1.08 bits per heavy atom. The van der Waals surface area contributed by atoms with Gasteiger partial charge in [-0.25, -0.2) is 0 Å². The van der Waals surface area contributed by atoms with Crippen LogP contribution >= 0.6 is 22.6 Å². The summed E-state index contributed by atoms with van der Waals surface area (Å²) < 4.78 is 0.949. The first kappa shape index (κ1) is 17.9. The summed E-state index contributed by atoms with van der Waals surface area (Å²) in [5, 5.41) is 3.10. The van der Waals surface area contributed by atoms with Crippen LogP contribution in [-0.4, -0.2) is 35.8 Å². The van der Waals surface area contributed by atoms with Gasteiger partial charge in [0.25, 0.3) is 11.8 Å². The summed E-state index contributed by atoms with van der Waals surface area (Å²) in [4.78, 5) is 26.9. The quantitative estimate of drug-likeness (QED) is 0.730. The van der Waals surface area contributed by atoms with Gasteiger partial charge in [-0.15, -0.1) is 0 Å². The highest BCUT2D eigenvalue weighted by Gasteiger charge is 2.25. The number of hydrogen-bond acceptors (Lipinski definition) is 2. The second-order valence-corrected chi connectivity index (χ2v) is 7.55. The largest absolute Gasteiger partial charge is 0.349 e. The molecule has 3 rings (SSSR count). The maximum Gasteiger partial charge on any atom is 0.253 e. The molecule has 5 heteroatoms. The normalized spacial score (nSPS) is 15.0. The summed E-state index contributed by atoms with van der Waals surface area (Å²) in [6, 6.07) is 15.4. The summed E-state index contributed by atoms with van der Waals surface area (Å²) in [6.07, 6.45) is 1.57. The van der Waals surface area contributed by atoms with Crippen LogP contribution in [0.25, 0.3) is 0 Å². The van der Waals surface area contributed by atoms with Gasteiger partial charge in [-0.1, -0.05) is 29.8 Å². The Kier molecular flexibility index (Phi) is 5.73. The summed E-state index contributed by atoms with van der Waals surface area (Å²) in [5.74, 6) is 0.0412. The van der Waals surface area contributed by atoms with Crippen molar-refractivity contribution in [3.63, 3.8) is 0 Å². The molecule has 0 saturated carbocycles. The predicted octanol–water partition coefficient (Wildman–Crippen LogP) is 3.63. The van der Waals surface area contributed by atoms with E-state index in [4.69, 9.17) is 0 Å². The number of amides is 2. The number of aryl methyl sites for hydroxylation is 1. The third kappa shape index (κ3) is 4.39. The minimum Gasteiger partial charge on any atom is -0.349 e. The number of benzene rings is 2. The first-order chi connectivity index (χ1) is 12.0. The molecule has 0 aliphatic carbocycles. The number of rotatable bonds is 3. The minimum absolute atomic E-state index is 0.0338. The van der Waals surface area contributed by atoms with Crippen LogP contribution in [0.2, 0.25) is 0 Å². The number of piperidine rings is 1. The maximum atomic E-state index is 12.6. The molecule has 1 aliphatic heterocycles. The molecule has 1 N–H and O–H groups in total. The molecule has 1 fully saturated rings. The fourth-order valence-corrected chi connectivity index (χ4v) is 3.73. The van der Waals surface area contributed by atoms with Crippen LogP contribution < -0.4 is 5.32 Å². The van der Waals surface area contributed by atoms with Gasteiger partial charge in [-0.2, -0.15) is 0 Å². The average Bonchev–Trinajstić information content (AvgIpc) is 2.62. The molecule has 130 valence electrons. The second-order valence-electron chi connectivity index (χ2n) is 6.39. The lowest BCUT2D eigenvalue weighted by Crippen LogP contribution is -2.46. The molecule has 0 bridgehead atoms.